The Morgan fingerprint density at radius 3 is 2.60 bits per heavy atom. The Hall–Kier alpha value is -0.390. The van der Waals surface area contributed by atoms with Crippen molar-refractivity contribution in [2.75, 3.05) is 11.5 Å². The molecular formula is C10H17NO2S2. The molecule has 0 aromatic carbocycles. The van der Waals surface area contributed by atoms with Gasteiger partial charge < -0.3 is 5.73 Å². The molecule has 0 unspecified atom stereocenters. The molecule has 1 aromatic rings. The van der Waals surface area contributed by atoms with Gasteiger partial charge in [0.05, 0.1) is 11.5 Å². The fraction of sp³-hybridized carbons (Fsp3) is 0.600. The van der Waals surface area contributed by atoms with Crippen molar-refractivity contribution in [2.24, 2.45) is 5.73 Å². The Labute approximate surface area is 95.2 Å². The maximum Gasteiger partial charge on any atom is 0.152 e. The lowest BCUT2D eigenvalue weighted by Gasteiger charge is -2.17. The molecule has 1 rings (SSSR count). The van der Waals surface area contributed by atoms with E-state index in [1.807, 2.05) is 17.5 Å². The summed E-state index contributed by atoms with van der Waals surface area (Å²) in [7, 11) is -3.03. The second-order valence-electron chi connectivity index (χ2n) is 4.41. The zero-order valence-electron chi connectivity index (χ0n) is 9.06. The van der Waals surface area contributed by atoms with Crippen LogP contribution in [0, 0.1) is 0 Å². The summed E-state index contributed by atoms with van der Waals surface area (Å²) in [5, 5.41) is 1.95. The van der Waals surface area contributed by atoms with Gasteiger partial charge >= 0.3 is 0 Å². The van der Waals surface area contributed by atoms with Gasteiger partial charge in [-0.15, -0.1) is 11.3 Å². The van der Waals surface area contributed by atoms with Crippen molar-refractivity contribution in [2.45, 2.75) is 25.8 Å². The van der Waals surface area contributed by atoms with Gasteiger partial charge in [0.1, 0.15) is 0 Å². The minimum Gasteiger partial charge on any atom is -0.325 e. The van der Waals surface area contributed by atoms with Crippen LogP contribution in [-0.4, -0.2) is 25.5 Å². The Morgan fingerprint density at radius 2 is 2.13 bits per heavy atom. The minimum atomic E-state index is -3.03. The van der Waals surface area contributed by atoms with Gasteiger partial charge in [-0.25, -0.2) is 8.42 Å². The second kappa shape index (κ2) is 4.63. The summed E-state index contributed by atoms with van der Waals surface area (Å²) in [6.07, 6.45) is 0.593. The summed E-state index contributed by atoms with van der Waals surface area (Å²) < 4.78 is 23.3. The van der Waals surface area contributed by atoms with Crippen LogP contribution in [0.3, 0.4) is 0 Å². The molecule has 0 saturated heterocycles. The monoisotopic (exact) mass is 247 g/mol. The van der Waals surface area contributed by atoms with Crippen LogP contribution in [0.2, 0.25) is 0 Å². The molecule has 86 valence electrons. The third-order valence-corrected chi connectivity index (χ3v) is 4.78. The van der Waals surface area contributed by atoms with E-state index >= 15 is 0 Å². The van der Waals surface area contributed by atoms with Crippen LogP contribution < -0.4 is 5.73 Å². The molecule has 2 N–H and O–H groups in total. The van der Waals surface area contributed by atoms with E-state index in [0.29, 0.717) is 6.42 Å². The normalized spacial score (nSPS) is 13.0. The number of sulfone groups is 1. The molecule has 0 aliphatic rings. The summed E-state index contributed by atoms with van der Waals surface area (Å²) in [4.78, 5) is 1.11. The SMILES string of the molecule is CC(C)(N)CS(=O)(=O)CCc1cccs1. The van der Waals surface area contributed by atoms with E-state index in [4.69, 9.17) is 5.73 Å². The Balaban J connectivity index is 2.51. The molecule has 0 spiro atoms. The largest absolute Gasteiger partial charge is 0.325 e. The highest BCUT2D eigenvalue weighted by atomic mass is 32.2. The van der Waals surface area contributed by atoms with Gasteiger partial charge in [0.25, 0.3) is 0 Å². The average Bonchev–Trinajstić information content (AvgIpc) is 2.47. The number of thiophene rings is 1. The molecule has 15 heavy (non-hydrogen) atoms. The topological polar surface area (TPSA) is 60.2 Å². The molecule has 0 atom stereocenters. The van der Waals surface area contributed by atoms with Crippen LogP contribution in [0.4, 0.5) is 0 Å². The van der Waals surface area contributed by atoms with Crippen LogP contribution in [0.15, 0.2) is 17.5 Å². The average molecular weight is 247 g/mol. The third-order valence-electron chi connectivity index (χ3n) is 1.83. The van der Waals surface area contributed by atoms with E-state index in [2.05, 4.69) is 0 Å². The van der Waals surface area contributed by atoms with Crippen molar-refractivity contribution in [3.05, 3.63) is 22.4 Å². The minimum absolute atomic E-state index is 0.0470. The van der Waals surface area contributed by atoms with E-state index in [-0.39, 0.29) is 11.5 Å². The first-order valence-corrected chi connectivity index (χ1v) is 7.50. The van der Waals surface area contributed by atoms with Crippen molar-refractivity contribution in [1.29, 1.82) is 0 Å². The van der Waals surface area contributed by atoms with Gasteiger partial charge in [-0.1, -0.05) is 6.07 Å². The molecule has 0 aliphatic carbocycles. The lowest BCUT2D eigenvalue weighted by Crippen LogP contribution is -2.40. The molecule has 0 radical (unpaired) electrons. The predicted octanol–water partition coefficient (Wildman–Crippen LogP) is 1.44. The van der Waals surface area contributed by atoms with Gasteiger partial charge in [-0.3, -0.25) is 0 Å². The summed E-state index contributed by atoms with van der Waals surface area (Å²) in [6.45, 7) is 3.46. The third kappa shape index (κ3) is 5.30. The van der Waals surface area contributed by atoms with Crippen LogP contribution in [0.5, 0.6) is 0 Å². The lowest BCUT2D eigenvalue weighted by atomic mass is 10.1. The number of hydrogen-bond acceptors (Lipinski definition) is 4. The van der Waals surface area contributed by atoms with Crippen LogP contribution >= 0.6 is 11.3 Å². The van der Waals surface area contributed by atoms with E-state index in [9.17, 15) is 8.42 Å². The van der Waals surface area contributed by atoms with Crippen LogP contribution in [0.1, 0.15) is 18.7 Å². The molecule has 3 nitrogen and oxygen atoms in total. The lowest BCUT2D eigenvalue weighted by molar-refractivity contribution is 0.544. The smallest absolute Gasteiger partial charge is 0.152 e. The van der Waals surface area contributed by atoms with Gasteiger partial charge in [0.15, 0.2) is 9.84 Å². The molecule has 5 heteroatoms. The Morgan fingerprint density at radius 1 is 1.47 bits per heavy atom. The van der Waals surface area contributed by atoms with E-state index < -0.39 is 15.4 Å². The van der Waals surface area contributed by atoms with E-state index in [1.54, 1.807) is 25.2 Å². The second-order valence-corrected chi connectivity index (χ2v) is 7.63. The van der Waals surface area contributed by atoms with Gasteiger partial charge in [0, 0.05) is 10.4 Å². The molecule has 0 fully saturated rings. The summed E-state index contributed by atoms with van der Waals surface area (Å²) in [5.74, 6) is 0.236. The fourth-order valence-corrected chi connectivity index (χ4v) is 4.00. The van der Waals surface area contributed by atoms with Gasteiger partial charge in [-0.2, -0.15) is 0 Å². The van der Waals surface area contributed by atoms with Crippen molar-refractivity contribution in [3.8, 4) is 0 Å². The maximum absolute atomic E-state index is 11.7. The summed E-state index contributed by atoms with van der Waals surface area (Å²) >= 11 is 1.59. The predicted molar refractivity (Wildman–Crippen MR) is 64.9 cm³/mol. The quantitative estimate of drug-likeness (QED) is 0.856. The van der Waals surface area contributed by atoms with Gasteiger partial charge in [-0.05, 0) is 31.7 Å². The highest BCUT2D eigenvalue weighted by Crippen LogP contribution is 2.12. The highest BCUT2D eigenvalue weighted by Gasteiger charge is 2.21. The first kappa shape index (κ1) is 12.7. The van der Waals surface area contributed by atoms with Crippen LogP contribution in [0.25, 0.3) is 0 Å². The van der Waals surface area contributed by atoms with Crippen LogP contribution in [-0.2, 0) is 16.3 Å². The van der Waals surface area contributed by atoms with Crippen molar-refractivity contribution in [1.82, 2.24) is 0 Å². The first-order chi connectivity index (χ1) is 6.79. The molecular weight excluding hydrogens is 230 g/mol. The number of rotatable bonds is 5. The molecule has 1 heterocycles. The Bertz CT molecular complexity index is 388. The first-order valence-electron chi connectivity index (χ1n) is 4.80. The summed E-state index contributed by atoms with van der Waals surface area (Å²) in [5.41, 5.74) is 5.05. The molecule has 0 amide bonds. The molecule has 1 aromatic heterocycles. The van der Waals surface area contributed by atoms with E-state index in [1.165, 1.54) is 0 Å². The number of hydrogen-bond donors (Lipinski definition) is 1. The van der Waals surface area contributed by atoms with Crippen molar-refractivity contribution < 1.29 is 8.42 Å². The molecule has 0 saturated carbocycles. The van der Waals surface area contributed by atoms with Crippen molar-refractivity contribution in [3.63, 3.8) is 0 Å². The van der Waals surface area contributed by atoms with Crippen molar-refractivity contribution >= 4 is 21.2 Å². The zero-order chi connectivity index (χ0) is 11.5. The standard InChI is InChI=1S/C10H17NO2S2/c1-10(2,11)8-15(12,13)7-5-9-4-3-6-14-9/h3-4,6H,5,7-8,11H2,1-2H3. The fourth-order valence-electron chi connectivity index (χ4n) is 1.35. The van der Waals surface area contributed by atoms with Gasteiger partial charge in [0.2, 0.25) is 0 Å². The zero-order valence-corrected chi connectivity index (χ0v) is 10.7. The summed E-state index contributed by atoms with van der Waals surface area (Å²) in [6, 6.07) is 3.88. The maximum atomic E-state index is 11.7. The van der Waals surface area contributed by atoms with E-state index in [0.717, 1.165) is 4.88 Å². The molecule has 0 bridgehead atoms. The number of aryl methyl sites for hydroxylation is 1. The Kier molecular flexibility index (Phi) is 3.92. The number of nitrogens with two attached hydrogens (primary N) is 1. The molecule has 0 aliphatic heterocycles. The highest BCUT2D eigenvalue weighted by molar-refractivity contribution is 7.91.